The Morgan fingerprint density at radius 1 is 1.15 bits per heavy atom. The molecule has 5 rings (SSSR count). The largest absolute Gasteiger partial charge is 0.367 e. The van der Waals surface area contributed by atoms with Crippen LogP contribution in [0.15, 0.2) is 48.5 Å². The number of benzene rings is 2. The van der Waals surface area contributed by atoms with Crippen molar-refractivity contribution in [2.45, 2.75) is 43.0 Å². The van der Waals surface area contributed by atoms with Gasteiger partial charge in [-0.1, -0.05) is 36.4 Å². The summed E-state index contributed by atoms with van der Waals surface area (Å²) in [5.74, 6) is -3.31. The first-order chi connectivity index (χ1) is 15.8. The maximum Gasteiger partial charge on any atom is 0.272 e. The second kappa shape index (κ2) is 8.74. The summed E-state index contributed by atoms with van der Waals surface area (Å²) in [6.45, 7) is -0.0169. The number of likely N-dealkylation sites (N-methyl/N-ethyl adjacent to an activating group) is 1. The molecular weight excluding hydrogens is 431 g/mol. The van der Waals surface area contributed by atoms with E-state index in [9.17, 15) is 18.0 Å². The Hall–Kier alpha value is -2.42. The van der Waals surface area contributed by atoms with Crippen LogP contribution in [0.4, 0.5) is 13.2 Å². The van der Waals surface area contributed by atoms with Crippen molar-refractivity contribution in [3.8, 4) is 0 Å². The van der Waals surface area contributed by atoms with Crippen LogP contribution in [0.25, 0.3) is 0 Å². The monoisotopic (exact) mass is 459 g/mol. The minimum atomic E-state index is -2.82. The summed E-state index contributed by atoms with van der Waals surface area (Å²) in [6.07, 6.45) is 0.330. The van der Waals surface area contributed by atoms with E-state index in [0.717, 1.165) is 16.7 Å². The first kappa shape index (κ1) is 22.4. The van der Waals surface area contributed by atoms with Gasteiger partial charge in [0.15, 0.2) is 0 Å². The maximum atomic E-state index is 14.1. The summed E-state index contributed by atoms with van der Waals surface area (Å²) in [5.41, 5.74) is 3.01. The van der Waals surface area contributed by atoms with E-state index in [1.807, 2.05) is 18.2 Å². The van der Waals surface area contributed by atoms with Gasteiger partial charge in [-0.05, 0) is 48.7 Å². The highest BCUT2D eigenvalue weighted by atomic mass is 19.3. The molecule has 0 bridgehead atoms. The van der Waals surface area contributed by atoms with Crippen molar-refractivity contribution in [1.29, 1.82) is 0 Å². The van der Waals surface area contributed by atoms with Gasteiger partial charge in [-0.2, -0.15) is 0 Å². The van der Waals surface area contributed by atoms with E-state index in [1.54, 1.807) is 29.0 Å². The lowest BCUT2D eigenvalue weighted by Crippen LogP contribution is -2.58. The predicted molar refractivity (Wildman–Crippen MR) is 118 cm³/mol. The van der Waals surface area contributed by atoms with E-state index < -0.39 is 18.6 Å². The van der Waals surface area contributed by atoms with E-state index in [4.69, 9.17) is 4.74 Å². The van der Waals surface area contributed by atoms with Crippen LogP contribution in [-0.4, -0.2) is 73.1 Å². The Bertz CT molecular complexity index is 1020. The average Bonchev–Trinajstić information content (AvgIpc) is 2.93. The molecule has 4 atom stereocenters. The summed E-state index contributed by atoms with van der Waals surface area (Å²) < 4.78 is 47.7. The third-order valence-electron chi connectivity index (χ3n) is 7.10. The van der Waals surface area contributed by atoms with Crippen molar-refractivity contribution in [2.24, 2.45) is 0 Å². The van der Waals surface area contributed by atoms with E-state index in [1.165, 1.54) is 12.1 Å². The number of amides is 1. The number of hydrogen-bond acceptors (Lipinski definition) is 4. The van der Waals surface area contributed by atoms with Crippen molar-refractivity contribution < 1.29 is 22.7 Å². The van der Waals surface area contributed by atoms with Crippen LogP contribution >= 0.6 is 0 Å². The zero-order valence-corrected chi connectivity index (χ0v) is 18.5. The Kier molecular flexibility index (Phi) is 5.93. The molecule has 2 aromatic carbocycles. The van der Waals surface area contributed by atoms with E-state index in [2.05, 4.69) is 11.4 Å². The van der Waals surface area contributed by atoms with E-state index in [-0.39, 0.29) is 43.0 Å². The molecule has 0 saturated carbocycles. The number of rotatable bonds is 2. The molecule has 3 aliphatic rings. The molecule has 0 aliphatic carbocycles. The van der Waals surface area contributed by atoms with Gasteiger partial charge in [-0.25, -0.2) is 13.2 Å². The van der Waals surface area contributed by atoms with Gasteiger partial charge in [0, 0.05) is 18.6 Å². The molecule has 0 radical (unpaired) electrons. The quantitative estimate of drug-likeness (QED) is 0.750. The normalized spacial score (nSPS) is 29.6. The van der Waals surface area contributed by atoms with Crippen LogP contribution in [0, 0.1) is 5.82 Å². The highest BCUT2D eigenvalue weighted by molar-refractivity contribution is 5.82. The van der Waals surface area contributed by atoms with Gasteiger partial charge in [0.25, 0.3) is 11.8 Å². The van der Waals surface area contributed by atoms with Crippen molar-refractivity contribution in [3.05, 3.63) is 71.0 Å². The van der Waals surface area contributed by atoms with Crippen LogP contribution in [0.1, 0.15) is 29.2 Å². The van der Waals surface area contributed by atoms with Crippen LogP contribution in [-0.2, 0) is 16.0 Å². The van der Waals surface area contributed by atoms with Crippen molar-refractivity contribution in [2.75, 3.05) is 33.3 Å². The molecule has 2 aromatic rings. The molecule has 1 N–H and O–H groups in total. The first-order valence-electron chi connectivity index (χ1n) is 11.4. The van der Waals surface area contributed by atoms with Crippen molar-refractivity contribution in [1.82, 2.24) is 15.1 Å². The molecular formula is C25H28F3N3O2. The minimum Gasteiger partial charge on any atom is -0.367 e. The molecule has 8 heteroatoms. The fourth-order valence-electron chi connectivity index (χ4n) is 5.42. The Labute approximate surface area is 191 Å². The summed E-state index contributed by atoms with van der Waals surface area (Å²) >= 11 is 0. The number of nitrogens with zero attached hydrogens (tertiary/aromatic N) is 2. The van der Waals surface area contributed by atoms with Gasteiger partial charge >= 0.3 is 0 Å². The Balaban J connectivity index is 1.41. The van der Waals surface area contributed by atoms with Gasteiger partial charge in [0.1, 0.15) is 11.9 Å². The molecule has 0 aromatic heterocycles. The molecule has 0 spiro atoms. The van der Waals surface area contributed by atoms with Gasteiger partial charge in [-0.3, -0.25) is 9.69 Å². The number of hydrogen-bond donors (Lipinski definition) is 1. The fourth-order valence-corrected chi connectivity index (χ4v) is 5.42. The Morgan fingerprint density at radius 3 is 2.70 bits per heavy atom. The molecule has 0 unspecified atom stereocenters. The number of halogens is 3. The highest BCUT2D eigenvalue weighted by Gasteiger charge is 2.45. The van der Waals surface area contributed by atoms with Crippen LogP contribution in [0.3, 0.4) is 0 Å². The number of fused-ring (bicyclic) bond motifs is 2. The van der Waals surface area contributed by atoms with Gasteiger partial charge in [-0.15, -0.1) is 0 Å². The maximum absolute atomic E-state index is 14.1. The zero-order chi connectivity index (χ0) is 23.2. The van der Waals surface area contributed by atoms with Crippen molar-refractivity contribution >= 4 is 5.91 Å². The van der Waals surface area contributed by atoms with Gasteiger partial charge < -0.3 is 15.0 Å². The second-order valence-corrected chi connectivity index (χ2v) is 9.32. The minimum absolute atomic E-state index is 0.155. The molecule has 1 amide bonds. The fraction of sp³-hybridized carbons (Fsp3) is 0.480. The molecule has 2 saturated heterocycles. The standard InChI is InChI=1S/C25H28F3N3O2/c1-30-15-25(27,28)14-29-20-12-22(33-13-21(20)30)24(32)31-11-10-16-4-2-3-5-19(16)23(31)17-6-8-18(26)9-7-17/h2-9,20-23,29H,10-15H2,1H3/t20-,21-,22+,23-/m0/s1. The van der Waals surface area contributed by atoms with Gasteiger partial charge in [0.05, 0.1) is 25.7 Å². The molecule has 5 nitrogen and oxygen atoms in total. The lowest BCUT2D eigenvalue weighted by molar-refractivity contribution is -0.152. The van der Waals surface area contributed by atoms with E-state index >= 15 is 0 Å². The van der Waals surface area contributed by atoms with Crippen molar-refractivity contribution in [3.63, 3.8) is 0 Å². The molecule has 3 heterocycles. The van der Waals surface area contributed by atoms with Crippen LogP contribution in [0.2, 0.25) is 0 Å². The molecule has 3 aliphatic heterocycles. The van der Waals surface area contributed by atoms with E-state index in [0.29, 0.717) is 19.4 Å². The lowest BCUT2D eigenvalue weighted by atomic mass is 9.87. The third-order valence-corrected chi connectivity index (χ3v) is 7.10. The number of ether oxygens (including phenoxy) is 1. The topological polar surface area (TPSA) is 44.8 Å². The summed E-state index contributed by atoms with van der Waals surface area (Å²) in [7, 11) is 1.68. The number of alkyl halides is 2. The summed E-state index contributed by atoms with van der Waals surface area (Å²) in [5, 5.41) is 2.97. The molecule has 33 heavy (non-hydrogen) atoms. The third kappa shape index (κ3) is 4.39. The summed E-state index contributed by atoms with van der Waals surface area (Å²) in [4.78, 5) is 17.2. The van der Waals surface area contributed by atoms with Crippen LogP contribution < -0.4 is 5.32 Å². The predicted octanol–water partition coefficient (Wildman–Crippen LogP) is 3.00. The highest BCUT2D eigenvalue weighted by Crippen LogP contribution is 2.37. The van der Waals surface area contributed by atoms with Crippen LogP contribution in [0.5, 0.6) is 0 Å². The smallest absolute Gasteiger partial charge is 0.272 e. The Morgan fingerprint density at radius 2 is 1.91 bits per heavy atom. The second-order valence-electron chi connectivity index (χ2n) is 9.32. The molecule has 2 fully saturated rings. The summed E-state index contributed by atoms with van der Waals surface area (Å²) in [6, 6.07) is 13.4. The lowest BCUT2D eigenvalue weighted by Gasteiger charge is -2.43. The number of carbonyl (C=O) groups is 1. The number of nitrogens with one attached hydrogen (secondary N) is 1. The first-order valence-corrected chi connectivity index (χ1v) is 11.4. The average molecular weight is 460 g/mol. The SMILES string of the molecule is CN1CC(F)(F)CN[C@H]2C[C@H](C(=O)N3CCc4ccccc4[C@@H]3c3ccc(F)cc3)OC[C@@H]21. The zero-order valence-electron chi connectivity index (χ0n) is 18.5. The molecule has 176 valence electrons. The van der Waals surface area contributed by atoms with Gasteiger partial charge in [0.2, 0.25) is 0 Å². The number of carbonyl (C=O) groups excluding carboxylic acids is 1.